The van der Waals surface area contributed by atoms with Crippen molar-refractivity contribution in [3.8, 4) is 0 Å². The number of aryl methyl sites for hydroxylation is 1. The zero-order chi connectivity index (χ0) is 15.2. The number of anilines is 1. The lowest BCUT2D eigenvalue weighted by atomic mass is 10.1. The van der Waals surface area contributed by atoms with E-state index in [1.165, 1.54) is 12.1 Å². The molecule has 1 aromatic carbocycles. The van der Waals surface area contributed by atoms with Crippen molar-refractivity contribution in [3.63, 3.8) is 0 Å². The number of hydrogen-bond donors (Lipinski definition) is 1. The molecule has 0 fully saturated rings. The Labute approximate surface area is 138 Å². The highest BCUT2D eigenvalue weighted by Crippen LogP contribution is 2.21. The first-order chi connectivity index (χ1) is 10.1. The Bertz CT molecular complexity index is 589. The van der Waals surface area contributed by atoms with Crippen molar-refractivity contribution in [1.82, 2.24) is 9.97 Å². The van der Waals surface area contributed by atoms with Gasteiger partial charge in [0.2, 0.25) is 0 Å². The van der Waals surface area contributed by atoms with Gasteiger partial charge in [0.15, 0.2) is 0 Å². The molecule has 2 aromatic rings. The average Bonchev–Trinajstić information content (AvgIpc) is 2.44. The van der Waals surface area contributed by atoms with Gasteiger partial charge in [0.25, 0.3) is 0 Å². The number of hydrogen-bond acceptors (Lipinski definition) is 3. The van der Waals surface area contributed by atoms with E-state index in [1.54, 1.807) is 6.07 Å². The summed E-state index contributed by atoms with van der Waals surface area (Å²) in [5, 5.41) is 3.28. The molecule has 0 aliphatic heterocycles. The molecule has 0 bridgehead atoms. The van der Waals surface area contributed by atoms with E-state index in [9.17, 15) is 4.39 Å². The van der Waals surface area contributed by atoms with Gasteiger partial charge in [-0.3, -0.25) is 0 Å². The highest BCUT2D eigenvalue weighted by atomic mass is 127. The van der Waals surface area contributed by atoms with Crippen LogP contribution in [-0.4, -0.2) is 16.5 Å². The number of nitrogens with zero attached hydrogens (tertiary/aromatic N) is 2. The predicted molar refractivity (Wildman–Crippen MR) is 92.1 cm³/mol. The minimum Gasteiger partial charge on any atom is -0.369 e. The van der Waals surface area contributed by atoms with Gasteiger partial charge >= 0.3 is 0 Å². The van der Waals surface area contributed by atoms with Crippen LogP contribution >= 0.6 is 22.6 Å². The summed E-state index contributed by atoms with van der Waals surface area (Å²) < 4.78 is 14.4. The Morgan fingerprint density at radius 2 is 2.05 bits per heavy atom. The van der Waals surface area contributed by atoms with Crippen molar-refractivity contribution in [3.05, 3.63) is 50.7 Å². The van der Waals surface area contributed by atoms with E-state index in [0.29, 0.717) is 6.42 Å². The molecular formula is C16H19FIN3. The quantitative estimate of drug-likeness (QED) is 0.741. The molecule has 0 unspecified atom stereocenters. The fraction of sp³-hybridized carbons (Fsp3) is 0.375. The number of rotatable bonds is 6. The predicted octanol–water partition coefficient (Wildman–Crippen LogP) is 4.20. The Kier molecular flexibility index (Phi) is 5.90. The van der Waals surface area contributed by atoms with Gasteiger partial charge in [0.1, 0.15) is 17.5 Å². The van der Waals surface area contributed by atoms with Crippen LogP contribution in [0.3, 0.4) is 0 Å². The van der Waals surface area contributed by atoms with Gasteiger partial charge in [-0.25, -0.2) is 14.4 Å². The lowest BCUT2D eigenvalue weighted by Gasteiger charge is -2.12. The minimum absolute atomic E-state index is 0.223. The smallest absolute Gasteiger partial charge is 0.143 e. The molecule has 3 nitrogen and oxygen atoms in total. The van der Waals surface area contributed by atoms with Crippen LogP contribution in [0.2, 0.25) is 0 Å². The summed E-state index contributed by atoms with van der Waals surface area (Å²) in [5.74, 6) is 1.39. The molecule has 0 spiro atoms. The van der Waals surface area contributed by atoms with Crippen molar-refractivity contribution >= 4 is 28.4 Å². The number of aromatic nitrogens is 2. The summed E-state index contributed by atoms with van der Waals surface area (Å²) in [6, 6.07) is 6.60. The van der Waals surface area contributed by atoms with Crippen LogP contribution < -0.4 is 5.32 Å². The molecule has 5 heteroatoms. The minimum atomic E-state index is -0.223. The fourth-order valence-electron chi connectivity index (χ4n) is 2.14. The maximum absolute atomic E-state index is 13.3. The number of benzene rings is 1. The first-order valence-electron chi connectivity index (χ1n) is 7.17. The van der Waals surface area contributed by atoms with Crippen molar-refractivity contribution in [2.24, 2.45) is 0 Å². The molecule has 21 heavy (non-hydrogen) atoms. The van der Waals surface area contributed by atoms with Gasteiger partial charge < -0.3 is 5.32 Å². The summed E-state index contributed by atoms with van der Waals surface area (Å²) in [5.41, 5.74) is 1.96. The van der Waals surface area contributed by atoms with Crippen LogP contribution in [0.25, 0.3) is 0 Å². The zero-order valence-corrected chi connectivity index (χ0v) is 14.4. The first-order valence-corrected chi connectivity index (χ1v) is 8.25. The second-order valence-corrected chi connectivity index (χ2v) is 5.91. The standard InChI is InChI=1S/C16H19FIN3/c1-3-6-13-15(18)16(19-4-2)21-14(20-13)10-11-7-5-8-12(17)9-11/h5,7-9H,3-4,6,10H2,1-2H3,(H,19,20,21). The van der Waals surface area contributed by atoms with Crippen LogP contribution in [0.15, 0.2) is 24.3 Å². The Balaban J connectivity index is 2.33. The molecule has 0 saturated carbocycles. The monoisotopic (exact) mass is 399 g/mol. The molecule has 0 amide bonds. The summed E-state index contributed by atoms with van der Waals surface area (Å²) in [6.07, 6.45) is 2.51. The molecule has 2 rings (SSSR count). The molecule has 1 N–H and O–H groups in total. The van der Waals surface area contributed by atoms with E-state index in [4.69, 9.17) is 0 Å². The van der Waals surface area contributed by atoms with Crippen molar-refractivity contribution in [2.45, 2.75) is 33.1 Å². The third kappa shape index (κ3) is 4.36. The largest absolute Gasteiger partial charge is 0.369 e. The SMILES string of the molecule is CCCc1nc(Cc2cccc(F)c2)nc(NCC)c1I. The van der Waals surface area contributed by atoms with E-state index in [0.717, 1.165) is 45.9 Å². The number of halogens is 2. The Morgan fingerprint density at radius 1 is 1.24 bits per heavy atom. The lowest BCUT2D eigenvalue weighted by Crippen LogP contribution is -2.10. The molecule has 0 atom stereocenters. The van der Waals surface area contributed by atoms with Crippen molar-refractivity contribution < 1.29 is 4.39 Å². The second kappa shape index (κ2) is 7.68. The van der Waals surface area contributed by atoms with Crippen LogP contribution in [0.5, 0.6) is 0 Å². The molecular weight excluding hydrogens is 380 g/mol. The van der Waals surface area contributed by atoms with E-state index in [1.807, 2.05) is 13.0 Å². The molecule has 0 aliphatic carbocycles. The third-order valence-electron chi connectivity index (χ3n) is 3.05. The van der Waals surface area contributed by atoms with E-state index < -0.39 is 0 Å². The summed E-state index contributed by atoms with van der Waals surface area (Å²) >= 11 is 2.29. The van der Waals surface area contributed by atoms with E-state index >= 15 is 0 Å². The van der Waals surface area contributed by atoms with Crippen LogP contribution in [0.4, 0.5) is 10.2 Å². The maximum atomic E-state index is 13.3. The van der Waals surface area contributed by atoms with Crippen molar-refractivity contribution in [1.29, 1.82) is 0 Å². The molecule has 1 aromatic heterocycles. The van der Waals surface area contributed by atoms with Gasteiger partial charge in [-0.05, 0) is 53.6 Å². The summed E-state index contributed by atoms with van der Waals surface area (Å²) in [6.45, 7) is 5.00. The molecule has 0 aliphatic rings. The van der Waals surface area contributed by atoms with E-state index in [2.05, 4.69) is 44.8 Å². The Morgan fingerprint density at radius 3 is 2.71 bits per heavy atom. The van der Waals surface area contributed by atoms with Crippen LogP contribution in [-0.2, 0) is 12.8 Å². The normalized spacial score (nSPS) is 10.7. The highest BCUT2D eigenvalue weighted by molar-refractivity contribution is 14.1. The van der Waals surface area contributed by atoms with Crippen molar-refractivity contribution in [2.75, 3.05) is 11.9 Å². The van der Waals surface area contributed by atoms with Crippen LogP contribution in [0, 0.1) is 9.39 Å². The average molecular weight is 399 g/mol. The fourth-order valence-corrected chi connectivity index (χ4v) is 2.84. The van der Waals surface area contributed by atoms with Gasteiger partial charge in [0, 0.05) is 13.0 Å². The summed E-state index contributed by atoms with van der Waals surface area (Å²) in [7, 11) is 0. The summed E-state index contributed by atoms with van der Waals surface area (Å²) in [4.78, 5) is 9.23. The van der Waals surface area contributed by atoms with Gasteiger partial charge in [-0.15, -0.1) is 0 Å². The van der Waals surface area contributed by atoms with Gasteiger partial charge in [-0.2, -0.15) is 0 Å². The highest BCUT2D eigenvalue weighted by Gasteiger charge is 2.12. The number of nitrogens with one attached hydrogen (secondary N) is 1. The Hall–Kier alpha value is -1.24. The van der Waals surface area contributed by atoms with E-state index in [-0.39, 0.29) is 5.82 Å². The first kappa shape index (κ1) is 16.1. The van der Waals surface area contributed by atoms with Gasteiger partial charge in [0.05, 0.1) is 9.26 Å². The molecule has 112 valence electrons. The zero-order valence-electron chi connectivity index (χ0n) is 12.3. The van der Waals surface area contributed by atoms with Gasteiger partial charge in [-0.1, -0.05) is 25.5 Å². The topological polar surface area (TPSA) is 37.8 Å². The molecule has 1 heterocycles. The second-order valence-electron chi connectivity index (χ2n) is 4.84. The third-order valence-corrected chi connectivity index (χ3v) is 4.18. The van der Waals surface area contributed by atoms with Crippen LogP contribution in [0.1, 0.15) is 37.4 Å². The maximum Gasteiger partial charge on any atom is 0.143 e. The molecule has 0 radical (unpaired) electrons. The lowest BCUT2D eigenvalue weighted by molar-refractivity contribution is 0.625. The molecule has 0 saturated heterocycles.